The largest absolute Gasteiger partial charge is 0.368 e. The van der Waals surface area contributed by atoms with Crippen LogP contribution in [0.4, 0.5) is 10.1 Å². The van der Waals surface area contributed by atoms with E-state index in [-0.39, 0.29) is 17.8 Å². The summed E-state index contributed by atoms with van der Waals surface area (Å²) >= 11 is 3.10. The van der Waals surface area contributed by atoms with Crippen molar-refractivity contribution in [2.24, 2.45) is 0 Å². The Hall–Kier alpha value is -0.940. The van der Waals surface area contributed by atoms with Crippen molar-refractivity contribution < 1.29 is 13.9 Å². The van der Waals surface area contributed by atoms with E-state index >= 15 is 0 Å². The third-order valence-corrected chi connectivity index (χ3v) is 3.35. The Morgan fingerprint density at radius 2 is 2.35 bits per heavy atom. The molecule has 1 aliphatic rings. The number of carbonyl (C=O) groups excluding carboxylic acids is 1. The Kier molecular flexibility index (Phi) is 3.79. The summed E-state index contributed by atoms with van der Waals surface area (Å²) in [6, 6.07) is 2.95. The first-order valence-corrected chi connectivity index (χ1v) is 6.25. The van der Waals surface area contributed by atoms with Crippen LogP contribution in [0.2, 0.25) is 0 Å². The minimum absolute atomic E-state index is 0.163. The van der Waals surface area contributed by atoms with Crippen LogP contribution in [0.5, 0.6) is 0 Å². The molecule has 3 nitrogen and oxygen atoms in total. The van der Waals surface area contributed by atoms with Crippen molar-refractivity contribution in [3.05, 3.63) is 28.0 Å². The van der Waals surface area contributed by atoms with E-state index in [9.17, 15) is 9.18 Å². The fourth-order valence-electron chi connectivity index (χ4n) is 1.78. The Morgan fingerprint density at radius 3 is 3.00 bits per heavy atom. The molecule has 1 fully saturated rings. The lowest BCUT2D eigenvalue weighted by Gasteiger charge is -2.13. The van der Waals surface area contributed by atoms with Gasteiger partial charge >= 0.3 is 0 Å². The first-order valence-electron chi connectivity index (χ1n) is 5.46. The van der Waals surface area contributed by atoms with E-state index in [1.165, 1.54) is 6.07 Å². The van der Waals surface area contributed by atoms with Crippen molar-refractivity contribution in [1.29, 1.82) is 0 Å². The minimum Gasteiger partial charge on any atom is -0.368 e. The highest BCUT2D eigenvalue weighted by Crippen LogP contribution is 2.25. The normalized spacial score (nSPS) is 19.4. The maximum absolute atomic E-state index is 13.2. The third-order valence-electron chi connectivity index (χ3n) is 2.75. The lowest BCUT2D eigenvalue weighted by Crippen LogP contribution is -2.27. The smallest absolute Gasteiger partial charge is 0.253 e. The zero-order valence-electron chi connectivity index (χ0n) is 9.43. The molecule has 1 aliphatic heterocycles. The minimum atomic E-state index is -0.377. The molecule has 1 aromatic rings. The molecule has 2 rings (SSSR count). The van der Waals surface area contributed by atoms with Gasteiger partial charge in [0.25, 0.3) is 5.91 Å². The van der Waals surface area contributed by atoms with Gasteiger partial charge in [-0.3, -0.25) is 4.79 Å². The summed E-state index contributed by atoms with van der Waals surface area (Å²) in [5, 5.41) is 2.76. The second-order valence-electron chi connectivity index (χ2n) is 4.07. The van der Waals surface area contributed by atoms with Gasteiger partial charge < -0.3 is 10.1 Å². The number of aryl methyl sites for hydroxylation is 1. The summed E-state index contributed by atoms with van der Waals surface area (Å²) in [5.41, 5.74) is 1.30. The fraction of sp³-hybridized carbons (Fsp3) is 0.417. The maximum Gasteiger partial charge on any atom is 0.253 e. The van der Waals surface area contributed by atoms with Crippen LogP contribution in [0.15, 0.2) is 16.6 Å². The monoisotopic (exact) mass is 301 g/mol. The van der Waals surface area contributed by atoms with Gasteiger partial charge in [-0.05, 0) is 53.4 Å². The molecular weight excluding hydrogens is 289 g/mol. The van der Waals surface area contributed by atoms with Gasteiger partial charge in [0.15, 0.2) is 0 Å². The van der Waals surface area contributed by atoms with E-state index in [2.05, 4.69) is 21.2 Å². The van der Waals surface area contributed by atoms with Gasteiger partial charge in [0.1, 0.15) is 11.9 Å². The van der Waals surface area contributed by atoms with Crippen molar-refractivity contribution in [2.45, 2.75) is 25.9 Å². The maximum atomic E-state index is 13.2. The molecule has 17 heavy (non-hydrogen) atoms. The van der Waals surface area contributed by atoms with Crippen LogP contribution in [-0.2, 0) is 9.53 Å². The van der Waals surface area contributed by atoms with E-state index in [4.69, 9.17) is 4.74 Å². The van der Waals surface area contributed by atoms with E-state index < -0.39 is 0 Å². The molecule has 1 saturated heterocycles. The van der Waals surface area contributed by atoms with Crippen LogP contribution in [0.3, 0.4) is 0 Å². The molecule has 1 atom stereocenters. The second-order valence-corrected chi connectivity index (χ2v) is 4.93. The van der Waals surface area contributed by atoms with Crippen LogP contribution >= 0.6 is 15.9 Å². The third kappa shape index (κ3) is 2.84. The summed E-state index contributed by atoms with van der Waals surface area (Å²) in [6.07, 6.45) is 1.27. The molecule has 0 spiro atoms. The molecule has 92 valence electrons. The van der Waals surface area contributed by atoms with Crippen molar-refractivity contribution in [2.75, 3.05) is 11.9 Å². The van der Waals surface area contributed by atoms with Crippen LogP contribution in [0.1, 0.15) is 18.4 Å². The summed E-state index contributed by atoms with van der Waals surface area (Å²) in [5.74, 6) is -0.498. The predicted octanol–water partition coefficient (Wildman–Crippen LogP) is 3.01. The summed E-state index contributed by atoms with van der Waals surface area (Å²) in [7, 11) is 0. The lowest BCUT2D eigenvalue weighted by molar-refractivity contribution is -0.124. The fourth-order valence-corrected chi connectivity index (χ4v) is 2.12. The molecule has 0 bridgehead atoms. The van der Waals surface area contributed by atoms with E-state index in [1.54, 1.807) is 13.0 Å². The molecule has 1 unspecified atom stereocenters. The topological polar surface area (TPSA) is 38.3 Å². The number of amides is 1. The quantitative estimate of drug-likeness (QED) is 0.912. The molecule has 1 heterocycles. The highest BCUT2D eigenvalue weighted by molar-refractivity contribution is 9.10. The van der Waals surface area contributed by atoms with Crippen LogP contribution < -0.4 is 5.32 Å². The van der Waals surface area contributed by atoms with Crippen LogP contribution in [-0.4, -0.2) is 18.6 Å². The van der Waals surface area contributed by atoms with Crippen molar-refractivity contribution in [1.82, 2.24) is 0 Å². The SMILES string of the molecule is Cc1cc(F)c(Br)cc1NC(=O)C1CCCO1. The summed E-state index contributed by atoms with van der Waals surface area (Å²) in [6.45, 7) is 2.38. The van der Waals surface area contributed by atoms with Gasteiger partial charge in [0.2, 0.25) is 0 Å². The van der Waals surface area contributed by atoms with Gasteiger partial charge in [-0.2, -0.15) is 0 Å². The molecule has 5 heteroatoms. The molecule has 0 saturated carbocycles. The zero-order valence-corrected chi connectivity index (χ0v) is 11.0. The molecule has 0 aromatic heterocycles. The lowest BCUT2D eigenvalue weighted by atomic mass is 10.1. The Bertz CT molecular complexity index is 444. The number of nitrogens with one attached hydrogen (secondary N) is 1. The molecule has 0 aliphatic carbocycles. The van der Waals surface area contributed by atoms with Gasteiger partial charge in [0.05, 0.1) is 4.47 Å². The van der Waals surface area contributed by atoms with E-state index in [1.807, 2.05) is 0 Å². The van der Waals surface area contributed by atoms with Gasteiger partial charge in [0, 0.05) is 12.3 Å². The van der Waals surface area contributed by atoms with Crippen LogP contribution in [0.25, 0.3) is 0 Å². The van der Waals surface area contributed by atoms with Crippen molar-refractivity contribution >= 4 is 27.5 Å². The average Bonchev–Trinajstić information content (AvgIpc) is 2.79. The Morgan fingerprint density at radius 1 is 1.59 bits per heavy atom. The van der Waals surface area contributed by atoms with E-state index in [0.717, 1.165) is 12.8 Å². The molecular formula is C12H13BrFNO2. The molecule has 1 N–H and O–H groups in total. The number of ether oxygens (including phenoxy) is 1. The number of anilines is 1. The summed E-state index contributed by atoms with van der Waals surface area (Å²) in [4.78, 5) is 11.8. The van der Waals surface area contributed by atoms with Gasteiger partial charge in [-0.15, -0.1) is 0 Å². The van der Waals surface area contributed by atoms with Crippen molar-refractivity contribution in [3.63, 3.8) is 0 Å². The number of halogens is 2. The van der Waals surface area contributed by atoms with Crippen molar-refractivity contribution in [3.8, 4) is 0 Å². The molecule has 0 radical (unpaired) electrons. The Labute approximate surface area is 107 Å². The first-order chi connectivity index (χ1) is 8.08. The summed E-state index contributed by atoms with van der Waals surface area (Å²) < 4.78 is 18.8. The number of hydrogen-bond donors (Lipinski definition) is 1. The second kappa shape index (κ2) is 5.14. The average molecular weight is 302 g/mol. The zero-order chi connectivity index (χ0) is 12.4. The predicted molar refractivity (Wildman–Crippen MR) is 66.4 cm³/mol. The Balaban J connectivity index is 2.12. The highest BCUT2D eigenvalue weighted by atomic mass is 79.9. The highest BCUT2D eigenvalue weighted by Gasteiger charge is 2.24. The first kappa shape index (κ1) is 12.5. The molecule has 1 aromatic carbocycles. The number of hydrogen-bond acceptors (Lipinski definition) is 2. The standard InChI is InChI=1S/C12H13BrFNO2/c1-7-5-9(14)8(13)6-10(7)15-12(16)11-3-2-4-17-11/h5-6,11H,2-4H2,1H3,(H,15,16). The number of rotatable bonds is 2. The molecule has 1 amide bonds. The van der Waals surface area contributed by atoms with Gasteiger partial charge in [-0.25, -0.2) is 4.39 Å². The number of carbonyl (C=O) groups is 1. The van der Waals surface area contributed by atoms with Gasteiger partial charge in [-0.1, -0.05) is 0 Å². The number of benzene rings is 1. The van der Waals surface area contributed by atoms with Crippen LogP contribution in [0, 0.1) is 12.7 Å². The van der Waals surface area contributed by atoms with E-state index in [0.29, 0.717) is 22.3 Å².